The van der Waals surface area contributed by atoms with Gasteiger partial charge in [-0.2, -0.15) is 5.10 Å². The molecule has 0 unspecified atom stereocenters. The molecule has 2 amide bonds. The molecular weight excluding hydrogens is 420 g/mol. The normalized spacial score (nSPS) is 15.6. The molecule has 10 nitrogen and oxygen atoms in total. The zero-order valence-electron chi connectivity index (χ0n) is 17.0. The van der Waals surface area contributed by atoms with Gasteiger partial charge in [-0.25, -0.2) is 12.9 Å². The number of hydrogen-bond donors (Lipinski definition) is 3. The third-order valence-electron chi connectivity index (χ3n) is 4.89. The standard InChI is InChI=1S/C20H22N6O4S/c1-11(2)24-16-6-17(18-4-3-14-5-12(19(21)27)7-23-26(14)18)22-8-15(16)20(28)25-13-9-31(29,30)10-13/h3-8,11,13H,9-10H2,1-2H3,(H2,21,27)(H,22,24)(H,25,28). The van der Waals surface area contributed by atoms with Gasteiger partial charge in [-0.1, -0.05) is 0 Å². The number of carbonyl (C=O) groups excluding carboxylic acids is 2. The minimum absolute atomic E-state index is 0.0474. The van der Waals surface area contributed by atoms with Crippen molar-refractivity contribution in [1.29, 1.82) is 0 Å². The lowest BCUT2D eigenvalue weighted by Crippen LogP contribution is -2.53. The van der Waals surface area contributed by atoms with Crippen LogP contribution in [0.2, 0.25) is 0 Å². The maximum atomic E-state index is 12.7. The quantitative estimate of drug-likeness (QED) is 0.512. The van der Waals surface area contributed by atoms with Gasteiger partial charge in [-0.15, -0.1) is 0 Å². The molecule has 4 heterocycles. The fraction of sp³-hybridized carbons (Fsp3) is 0.300. The molecule has 162 valence electrons. The number of nitrogens with zero attached hydrogens (tertiary/aromatic N) is 3. The van der Waals surface area contributed by atoms with Crippen LogP contribution in [0, 0.1) is 0 Å². The van der Waals surface area contributed by atoms with Crippen molar-refractivity contribution < 1.29 is 18.0 Å². The molecule has 3 aromatic heterocycles. The number of sulfone groups is 1. The zero-order chi connectivity index (χ0) is 22.3. The van der Waals surface area contributed by atoms with Gasteiger partial charge in [0.25, 0.3) is 5.91 Å². The largest absolute Gasteiger partial charge is 0.382 e. The number of pyridine rings is 1. The number of hydrogen-bond acceptors (Lipinski definition) is 7. The molecule has 31 heavy (non-hydrogen) atoms. The average molecular weight is 443 g/mol. The predicted molar refractivity (Wildman–Crippen MR) is 116 cm³/mol. The Kier molecular flexibility index (Phi) is 5.13. The van der Waals surface area contributed by atoms with Crippen LogP contribution in [-0.4, -0.2) is 58.4 Å². The van der Waals surface area contributed by atoms with Gasteiger partial charge >= 0.3 is 0 Å². The fourth-order valence-electron chi connectivity index (χ4n) is 3.45. The van der Waals surface area contributed by atoms with E-state index in [0.29, 0.717) is 33.7 Å². The Bertz CT molecular complexity index is 1290. The van der Waals surface area contributed by atoms with Crippen LogP contribution in [0.5, 0.6) is 0 Å². The van der Waals surface area contributed by atoms with Crippen molar-refractivity contribution in [2.24, 2.45) is 5.73 Å². The van der Waals surface area contributed by atoms with E-state index >= 15 is 0 Å². The van der Waals surface area contributed by atoms with Gasteiger partial charge in [0.05, 0.1) is 57.5 Å². The molecule has 4 rings (SSSR count). The number of amides is 2. The van der Waals surface area contributed by atoms with Crippen LogP contribution in [0.3, 0.4) is 0 Å². The van der Waals surface area contributed by atoms with Gasteiger partial charge in [-0.3, -0.25) is 14.6 Å². The van der Waals surface area contributed by atoms with Crippen LogP contribution >= 0.6 is 0 Å². The van der Waals surface area contributed by atoms with Crippen LogP contribution in [0.4, 0.5) is 5.69 Å². The van der Waals surface area contributed by atoms with E-state index in [0.717, 1.165) is 0 Å². The summed E-state index contributed by atoms with van der Waals surface area (Å²) in [5.74, 6) is -1.04. The van der Waals surface area contributed by atoms with Crippen molar-refractivity contribution in [2.45, 2.75) is 25.9 Å². The van der Waals surface area contributed by atoms with Crippen molar-refractivity contribution in [1.82, 2.24) is 19.9 Å². The second kappa shape index (κ2) is 7.65. The summed E-state index contributed by atoms with van der Waals surface area (Å²) in [5, 5.41) is 10.3. The first-order chi connectivity index (χ1) is 14.6. The zero-order valence-corrected chi connectivity index (χ0v) is 17.8. The van der Waals surface area contributed by atoms with E-state index in [1.165, 1.54) is 12.4 Å². The first-order valence-corrected chi connectivity index (χ1v) is 11.5. The highest BCUT2D eigenvalue weighted by Crippen LogP contribution is 2.26. The summed E-state index contributed by atoms with van der Waals surface area (Å²) in [6.45, 7) is 3.89. The number of aromatic nitrogens is 3. The molecule has 1 aliphatic heterocycles. The van der Waals surface area contributed by atoms with E-state index in [-0.39, 0.29) is 29.5 Å². The molecule has 0 atom stereocenters. The summed E-state index contributed by atoms with van der Waals surface area (Å²) < 4.78 is 24.4. The molecule has 0 bridgehead atoms. The van der Waals surface area contributed by atoms with E-state index in [2.05, 4.69) is 20.7 Å². The third kappa shape index (κ3) is 4.22. The molecule has 11 heteroatoms. The number of fused-ring (bicyclic) bond motifs is 1. The Balaban J connectivity index is 1.67. The molecule has 1 fully saturated rings. The van der Waals surface area contributed by atoms with Crippen molar-refractivity contribution in [2.75, 3.05) is 16.8 Å². The highest BCUT2D eigenvalue weighted by Gasteiger charge is 2.35. The van der Waals surface area contributed by atoms with E-state index in [1.807, 2.05) is 19.9 Å². The number of anilines is 1. The summed E-state index contributed by atoms with van der Waals surface area (Å²) in [5.41, 5.74) is 8.45. The monoisotopic (exact) mass is 442 g/mol. The summed E-state index contributed by atoms with van der Waals surface area (Å²) in [4.78, 5) is 28.5. The van der Waals surface area contributed by atoms with Gasteiger partial charge in [0, 0.05) is 12.2 Å². The molecule has 0 spiro atoms. The molecule has 0 radical (unpaired) electrons. The summed E-state index contributed by atoms with van der Waals surface area (Å²) in [7, 11) is -3.04. The molecule has 4 N–H and O–H groups in total. The van der Waals surface area contributed by atoms with E-state index < -0.39 is 15.7 Å². The Labute approximate surface area is 178 Å². The molecule has 3 aromatic rings. The number of nitrogens with one attached hydrogen (secondary N) is 2. The van der Waals surface area contributed by atoms with E-state index in [1.54, 1.807) is 22.7 Å². The maximum Gasteiger partial charge on any atom is 0.255 e. The van der Waals surface area contributed by atoms with Crippen molar-refractivity contribution in [3.05, 3.63) is 47.8 Å². The third-order valence-corrected chi connectivity index (χ3v) is 6.71. The van der Waals surface area contributed by atoms with Crippen LogP contribution in [0.25, 0.3) is 16.9 Å². The molecular formula is C20H22N6O4S. The van der Waals surface area contributed by atoms with Crippen molar-refractivity contribution in [3.63, 3.8) is 0 Å². The first-order valence-electron chi connectivity index (χ1n) is 9.69. The summed E-state index contributed by atoms with van der Waals surface area (Å²) >= 11 is 0. The highest BCUT2D eigenvalue weighted by atomic mass is 32.2. The van der Waals surface area contributed by atoms with Crippen molar-refractivity contribution in [3.8, 4) is 11.4 Å². The second-order valence-electron chi connectivity index (χ2n) is 7.83. The molecule has 0 saturated carbocycles. The lowest BCUT2D eigenvalue weighted by atomic mass is 10.1. The minimum Gasteiger partial charge on any atom is -0.382 e. The Morgan fingerprint density at radius 1 is 1.19 bits per heavy atom. The smallest absolute Gasteiger partial charge is 0.255 e. The first kappa shape index (κ1) is 20.8. The van der Waals surface area contributed by atoms with Crippen molar-refractivity contribution >= 4 is 32.9 Å². The lowest BCUT2D eigenvalue weighted by Gasteiger charge is -2.27. The number of carbonyl (C=O) groups is 2. The molecule has 1 saturated heterocycles. The summed E-state index contributed by atoms with van der Waals surface area (Å²) in [6.07, 6.45) is 2.85. The van der Waals surface area contributed by atoms with Gasteiger partial charge in [0.2, 0.25) is 5.91 Å². The number of rotatable bonds is 6. The molecule has 0 aromatic carbocycles. The topological polar surface area (TPSA) is 149 Å². The Morgan fingerprint density at radius 2 is 1.94 bits per heavy atom. The molecule has 0 aliphatic carbocycles. The van der Waals surface area contributed by atoms with Gasteiger partial charge in [-0.05, 0) is 38.1 Å². The van der Waals surface area contributed by atoms with Gasteiger partial charge in [0.1, 0.15) is 0 Å². The van der Waals surface area contributed by atoms with E-state index in [9.17, 15) is 18.0 Å². The number of primary amides is 1. The fourth-order valence-corrected chi connectivity index (χ4v) is 4.74. The van der Waals surface area contributed by atoms with Crippen LogP contribution in [0.15, 0.2) is 36.7 Å². The van der Waals surface area contributed by atoms with Crippen LogP contribution in [0.1, 0.15) is 34.6 Å². The highest BCUT2D eigenvalue weighted by molar-refractivity contribution is 7.92. The Morgan fingerprint density at radius 3 is 2.58 bits per heavy atom. The van der Waals surface area contributed by atoms with Crippen LogP contribution < -0.4 is 16.4 Å². The minimum atomic E-state index is -3.04. The predicted octanol–water partition coefficient (Wildman–Crippen LogP) is 0.842. The summed E-state index contributed by atoms with van der Waals surface area (Å²) in [6, 6.07) is 6.66. The lowest BCUT2D eigenvalue weighted by molar-refractivity contribution is 0.0941. The molecule has 1 aliphatic rings. The maximum absolute atomic E-state index is 12.7. The van der Waals surface area contributed by atoms with Gasteiger partial charge < -0.3 is 16.4 Å². The van der Waals surface area contributed by atoms with Crippen LogP contribution in [-0.2, 0) is 9.84 Å². The average Bonchev–Trinajstić information content (AvgIpc) is 3.09. The second-order valence-corrected chi connectivity index (χ2v) is 9.98. The van der Waals surface area contributed by atoms with Gasteiger partial charge in [0.15, 0.2) is 9.84 Å². The number of nitrogens with two attached hydrogens (primary N) is 1. The SMILES string of the molecule is CC(C)Nc1cc(-c2ccc3cc(C(N)=O)cnn23)ncc1C(=O)NC1CS(=O)(=O)C1. The van der Waals surface area contributed by atoms with E-state index in [4.69, 9.17) is 5.73 Å². The Hall–Kier alpha value is -3.47.